The summed E-state index contributed by atoms with van der Waals surface area (Å²) in [6.45, 7) is 4.27. The predicted molar refractivity (Wildman–Crippen MR) is 116 cm³/mol. The number of hydrogen-bond donors (Lipinski definition) is 0. The summed E-state index contributed by atoms with van der Waals surface area (Å²) in [6.07, 6.45) is 6.68. The molecule has 5 rings (SSSR count). The van der Waals surface area contributed by atoms with E-state index in [1.807, 2.05) is 43.0 Å². The second-order valence-electron chi connectivity index (χ2n) is 8.52. The maximum atomic E-state index is 13.8. The van der Waals surface area contributed by atoms with Crippen LogP contribution in [0.5, 0.6) is 6.01 Å². The van der Waals surface area contributed by atoms with Crippen molar-refractivity contribution in [2.45, 2.75) is 45.2 Å². The zero-order chi connectivity index (χ0) is 22.2. The van der Waals surface area contributed by atoms with Crippen LogP contribution in [0.4, 0.5) is 4.39 Å². The van der Waals surface area contributed by atoms with Crippen LogP contribution in [-0.4, -0.2) is 49.4 Å². The van der Waals surface area contributed by atoms with Crippen LogP contribution in [0.15, 0.2) is 42.9 Å². The number of ether oxygens (including phenoxy) is 1. The summed E-state index contributed by atoms with van der Waals surface area (Å²) in [7, 11) is 0. The average molecular weight is 433 g/mol. The van der Waals surface area contributed by atoms with Crippen molar-refractivity contribution in [2.24, 2.45) is 5.92 Å². The van der Waals surface area contributed by atoms with Crippen molar-refractivity contribution in [1.82, 2.24) is 24.8 Å². The smallest absolute Gasteiger partial charge is 0.316 e. The highest BCUT2D eigenvalue weighted by Gasteiger charge is 2.49. The van der Waals surface area contributed by atoms with Crippen molar-refractivity contribution in [3.8, 4) is 17.3 Å². The van der Waals surface area contributed by atoms with Crippen LogP contribution in [0.1, 0.15) is 41.0 Å². The maximum Gasteiger partial charge on any atom is 0.316 e. The van der Waals surface area contributed by atoms with Gasteiger partial charge in [-0.25, -0.2) is 19.3 Å². The SMILES string of the molecule is Cc1ccc(-c2ncccc2C)c(C(=O)N2C3CCC2C(COc2ncc(F)cn2)C3)n1. The van der Waals surface area contributed by atoms with Gasteiger partial charge in [-0.2, -0.15) is 0 Å². The first-order valence-electron chi connectivity index (χ1n) is 10.8. The molecule has 0 spiro atoms. The second-order valence-corrected chi connectivity index (χ2v) is 8.52. The summed E-state index contributed by atoms with van der Waals surface area (Å²) in [5.74, 6) is -0.378. The predicted octanol–water partition coefficient (Wildman–Crippen LogP) is 3.76. The molecule has 3 atom stereocenters. The fourth-order valence-electron chi connectivity index (χ4n) is 4.97. The van der Waals surface area contributed by atoms with Gasteiger partial charge in [-0.1, -0.05) is 6.07 Å². The standard InChI is InChI=1S/C24H24FN5O2/c1-14-4-3-9-26-21(14)19-7-5-15(2)29-22(19)23(31)30-18-6-8-20(30)16(10-18)13-32-24-27-11-17(25)12-28-24/h3-5,7,9,11-12,16,18,20H,6,8,10,13H2,1-2H3. The molecule has 0 radical (unpaired) electrons. The highest BCUT2D eigenvalue weighted by molar-refractivity contribution is 5.99. The van der Waals surface area contributed by atoms with Gasteiger partial charge in [-0.05, 0) is 56.9 Å². The van der Waals surface area contributed by atoms with Crippen molar-refractivity contribution in [3.05, 3.63) is 65.6 Å². The van der Waals surface area contributed by atoms with Gasteiger partial charge in [0.1, 0.15) is 5.69 Å². The van der Waals surface area contributed by atoms with E-state index in [1.54, 1.807) is 6.20 Å². The van der Waals surface area contributed by atoms with Gasteiger partial charge in [-0.3, -0.25) is 9.78 Å². The monoisotopic (exact) mass is 433 g/mol. The third kappa shape index (κ3) is 3.70. The molecular weight excluding hydrogens is 409 g/mol. The summed E-state index contributed by atoms with van der Waals surface area (Å²) < 4.78 is 18.7. The number of amides is 1. The molecule has 2 fully saturated rings. The van der Waals surface area contributed by atoms with E-state index in [9.17, 15) is 9.18 Å². The number of hydrogen-bond acceptors (Lipinski definition) is 6. The number of aryl methyl sites for hydroxylation is 2. The molecule has 7 nitrogen and oxygen atoms in total. The Morgan fingerprint density at radius 1 is 1.16 bits per heavy atom. The molecule has 2 bridgehead atoms. The Kier molecular flexibility index (Phi) is 5.28. The number of carbonyl (C=O) groups is 1. The van der Waals surface area contributed by atoms with E-state index in [2.05, 4.69) is 19.9 Å². The van der Waals surface area contributed by atoms with Crippen LogP contribution in [0.3, 0.4) is 0 Å². The number of fused-ring (bicyclic) bond motifs is 2. The van der Waals surface area contributed by atoms with Gasteiger partial charge in [0.15, 0.2) is 5.82 Å². The first kappa shape index (κ1) is 20.5. The van der Waals surface area contributed by atoms with Crippen molar-refractivity contribution < 1.29 is 13.9 Å². The lowest BCUT2D eigenvalue weighted by Gasteiger charge is -2.25. The van der Waals surface area contributed by atoms with Gasteiger partial charge in [-0.15, -0.1) is 0 Å². The lowest BCUT2D eigenvalue weighted by atomic mass is 9.90. The fourth-order valence-corrected chi connectivity index (χ4v) is 4.97. The Morgan fingerprint density at radius 3 is 2.75 bits per heavy atom. The van der Waals surface area contributed by atoms with Gasteiger partial charge < -0.3 is 9.64 Å². The topological polar surface area (TPSA) is 81.1 Å². The number of aromatic nitrogens is 4. The molecule has 164 valence electrons. The number of carbonyl (C=O) groups excluding carboxylic acids is 1. The van der Waals surface area contributed by atoms with Gasteiger partial charge >= 0.3 is 6.01 Å². The quantitative estimate of drug-likeness (QED) is 0.609. The third-order valence-electron chi connectivity index (χ3n) is 6.42. The molecule has 5 heterocycles. The summed E-state index contributed by atoms with van der Waals surface area (Å²) in [5, 5.41) is 0. The molecule has 0 aromatic carbocycles. The molecule has 0 aliphatic carbocycles. The zero-order valence-electron chi connectivity index (χ0n) is 18.0. The van der Waals surface area contributed by atoms with Gasteiger partial charge in [0.25, 0.3) is 5.91 Å². The van der Waals surface area contributed by atoms with Gasteiger partial charge in [0, 0.05) is 35.5 Å². The molecule has 8 heteroatoms. The van der Waals surface area contributed by atoms with Crippen molar-refractivity contribution in [2.75, 3.05) is 6.61 Å². The Hall–Kier alpha value is -3.42. The lowest BCUT2D eigenvalue weighted by Crippen LogP contribution is -2.38. The Balaban J connectivity index is 1.39. The lowest BCUT2D eigenvalue weighted by molar-refractivity contribution is 0.0704. The molecule has 3 aromatic heterocycles. The molecule has 0 N–H and O–H groups in total. The normalized spacial score (nSPS) is 21.7. The molecule has 2 aliphatic rings. The summed E-state index contributed by atoms with van der Waals surface area (Å²) in [5.41, 5.74) is 3.79. The number of halogens is 1. The zero-order valence-corrected chi connectivity index (χ0v) is 18.0. The Bertz CT molecular complexity index is 1150. The average Bonchev–Trinajstić information content (AvgIpc) is 3.37. The van der Waals surface area contributed by atoms with Crippen LogP contribution in [0.2, 0.25) is 0 Å². The number of nitrogens with zero attached hydrogens (tertiary/aromatic N) is 5. The minimum atomic E-state index is -0.501. The molecule has 32 heavy (non-hydrogen) atoms. The van der Waals surface area contributed by atoms with Gasteiger partial charge in [0.2, 0.25) is 0 Å². The molecule has 3 unspecified atom stereocenters. The van der Waals surface area contributed by atoms with E-state index in [1.165, 1.54) is 0 Å². The summed E-state index contributed by atoms with van der Waals surface area (Å²) in [4.78, 5) is 32.6. The Labute approximate surface area is 185 Å². The summed E-state index contributed by atoms with van der Waals surface area (Å²) >= 11 is 0. The molecule has 1 amide bonds. The van der Waals surface area contributed by atoms with E-state index in [0.717, 1.165) is 54.2 Å². The van der Waals surface area contributed by atoms with E-state index in [4.69, 9.17) is 4.74 Å². The molecule has 2 aliphatic heterocycles. The highest BCUT2D eigenvalue weighted by atomic mass is 19.1. The Morgan fingerprint density at radius 2 is 1.97 bits per heavy atom. The van der Waals surface area contributed by atoms with Crippen LogP contribution < -0.4 is 4.74 Å². The van der Waals surface area contributed by atoms with Crippen molar-refractivity contribution >= 4 is 5.91 Å². The molecule has 3 aromatic rings. The van der Waals surface area contributed by atoms with Crippen LogP contribution in [-0.2, 0) is 0 Å². The molecular formula is C24H24FN5O2. The van der Waals surface area contributed by atoms with Crippen LogP contribution in [0.25, 0.3) is 11.3 Å². The molecule has 2 saturated heterocycles. The van der Waals surface area contributed by atoms with Gasteiger partial charge in [0.05, 0.1) is 24.7 Å². The largest absolute Gasteiger partial charge is 0.463 e. The highest BCUT2D eigenvalue weighted by Crippen LogP contribution is 2.43. The van der Waals surface area contributed by atoms with Crippen molar-refractivity contribution in [1.29, 1.82) is 0 Å². The van der Waals surface area contributed by atoms with Crippen molar-refractivity contribution in [3.63, 3.8) is 0 Å². The van der Waals surface area contributed by atoms with Crippen LogP contribution in [0, 0.1) is 25.6 Å². The third-order valence-corrected chi connectivity index (χ3v) is 6.42. The second kappa shape index (κ2) is 8.26. The minimum Gasteiger partial charge on any atom is -0.463 e. The van der Waals surface area contributed by atoms with E-state index in [-0.39, 0.29) is 29.9 Å². The minimum absolute atomic E-state index is 0.0539. The van der Waals surface area contributed by atoms with E-state index >= 15 is 0 Å². The number of rotatable bonds is 5. The maximum absolute atomic E-state index is 13.8. The first-order chi connectivity index (χ1) is 15.5. The summed E-state index contributed by atoms with van der Waals surface area (Å²) in [6, 6.07) is 8.12. The number of pyridine rings is 2. The van der Waals surface area contributed by atoms with E-state index in [0.29, 0.717) is 12.3 Å². The van der Waals surface area contributed by atoms with E-state index < -0.39 is 5.82 Å². The first-order valence-corrected chi connectivity index (χ1v) is 10.8. The van der Waals surface area contributed by atoms with Crippen LogP contribution >= 0.6 is 0 Å². The molecule has 0 saturated carbocycles. The fraction of sp³-hybridized carbons (Fsp3) is 0.375.